The van der Waals surface area contributed by atoms with E-state index in [9.17, 15) is 14.4 Å². The predicted molar refractivity (Wildman–Crippen MR) is 93.3 cm³/mol. The van der Waals surface area contributed by atoms with Crippen LogP contribution in [0, 0.1) is 13.8 Å². The van der Waals surface area contributed by atoms with Crippen molar-refractivity contribution in [1.29, 1.82) is 0 Å². The molecular weight excluding hydrogens is 324 g/mol. The lowest BCUT2D eigenvalue weighted by atomic mass is 10.2. The van der Waals surface area contributed by atoms with Gasteiger partial charge in [-0.15, -0.1) is 0 Å². The van der Waals surface area contributed by atoms with Gasteiger partial charge in [-0.3, -0.25) is 9.59 Å². The minimum Gasteiger partial charge on any atom is -0.462 e. The molecular formula is C18H28N2O5. The minimum absolute atomic E-state index is 0.0602. The fraction of sp³-hybridized carbons (Fsp3) is 0.611. The average molecular weight is 352 g/mol. The Morgan fingerprint density at radius 3 is 2.32 bits per heavy atom. The van der Waals surface area contributed by atoms with Crippen molar-refractivity contribution in [2.75, 3.05) is 13.2 Å². The van der Waals surface area contributed by atoms with Gasteiger partial charge in [0.2, 0.25) is 0 Å². The summed E-state index contributed by atoms with van der Waals surface area (Å²) in [5, 5.41) is 2.81. The smallest absolute Gasteiger partial charge is 0.339 e. The van der Waals surface area contributed by atoms with Crippen molar-refractivity contribution in [1.82, 2.24) is 9.88 Å². The molecule has 0 spiro atoms. The van der Waals surface area contributed by atoms with Gasteiger partial charge in [0.15, 0.2) is 6.61 Å². The third kappa shape index (κ3) is 5.92. The van der Waals surface area contributed by atoms with E-state index in [4.69, 9.17) is 9.47 Å². The normalized spacial score (nSPS) is 10.6. The van der Waals surface area contributed by atoms with Gasteiger partial charge < -0.3 is 19.4 Å². The molecule has 1 aromatic heterocycles. The summed E-state index contributed by atoms with van der Waals surface area (Å²) < 4.78 is 11.7. The number of rotatable bonds is 9. The molecule has 0 saturated carbocycles. The number of aromatic nitrogens is 1. The Kier molecular flexibility index (Phi) is 8.18. The van der Waals surface area contributed by atoms with Crippen molar-refractivity contribution in [3.8, 4) is 0 Å². The van der Waals surface area contributed by atoms with E-state index < -0.39 is 11.9 Å². The lowest BCUT2D eigenvalue weighted by molar-refractivity contribution is -0.149. The first-order valence-electron chi connectivity index (χ1n) is 8.62. The molecule has 1 N–H and O–H groups in total. The van der Waals surface area contributed by atoms with Crippen molar-refractivity contribution in [2.24, 2.45) is 0 Å². The second-order valence-corrected chi connectivity index (χ2v) is 5.83. The molecule has 0 unspecified atom stereocenters. The number of nitrogens with zero attached hydrogens (tertiary/aromatic N) is 1. The first-order chi connectivity index (χ1) is 11.8. The summed E-state index contributed by atoms with van der Waals surface area (Å²) >= 11 is 0. The Bertz CT molecular complexity index is 617. The van der Waals surface area contributed by atoms with Gasteiger partial charge in [-0.05, 0) is 39.7 Å². The van der Waals surface area contributed by atoms with Crippen LogP contribution in [-0.2, 0) is 25.6 Å². The molecule has 140 valence electrons. The molecule has 1 amide bonds. The van der Waals surface area contributed by atoms with E-state index in [-0.39, 0.29) is 31.7 Å². The maximum absolute atomic E-state index is 12.0. The van der Waals surface area contributed by atoms with E-state index in [1.807, 2.05) is 13.8 Å². The fourth-order valence-electron chi connectivity index (χ4n) is 2.54. The number of carbonyl (C=O) groups excluding carboxylic acids is 3. The standard InChI is InChI=1S/C18H28N2O5/c1-6-14(7-2)19-16(21)11-25-17(22)10-20-12(4)9-15(13(20)5)18(23)24-8-3/h9,14H,6-8,10-11H2,1-5H3,(H,19,21). The topological polar surface area (TPSA) is 86.6 Å². The molecule has 0 fully saturated rings. The Balaban J connectivity index is 2.63. The van der Waals surface area contributed by atoms with Crippen LogP contribution in [0.3, 0.4) is 0 Å². The molecule has 0 aliphatic heterocycles. The van der Waals surface area contributed by atoms with Gasteiger partial charge in [-0.25, -0.2) is 4.79 Å². The van der Waals surface area contributed by atoms with Crippen LogP contribution in [0.25, 0.3) is 0 Å². The average Bonchev–Trinajstić information content (AvgIpc) is 2.86. The molecule has 0 aliphatic carbocycles. The second-order valence-electron chi connectivity index (χ2n) is 5.83. The molecule has 1 aromatic rings. The molecule has 0 aliphatic rings. The summed E-state index contributed by atoms with van der Waals surface area (Å²) in [6.07, 6.45) is 1.66. The number of hydrogen-bond donors (Lipinski definition) is 1. The van der Waals surface area contributed by atoms with Crippen LogP contribution in [0.2, 0.25) is 0 Å². The minimum atomic E-state index is -0.531. The monoisotopic (exact) mass is 352 g/mol. The van der Waals surface area contributed by atoms with Gasteiger partial charge in [0.1, 0.15) is 6.54 Å². The van der Waals surface area contributed by atoms with Gasteiger partial charge in [-0.2, -0.15) is 0 Å². The highest BCUT2D eigenvalue weighted by Crippen LogP contribution is 2.16. The molecule has 0 atom stereocenters. The van der Waals surface area contributed by atoms with E-state index in [0.29, 0.717) is 11.3 Å². The van der Waals surface area contributed by atoms with Crippen LogP contribution >= 0.6 is 0 Å². The number of nitrogens with one attached hydrogen (secondary N) is 1. The Morgan fingerprint density at radius 2 is 1.76 bits per heavy atom. The molecule has 0 saturated heterocycles. The van der Waals surface area contributed by atoms with Gasteiger partial charge >= 0.3 is 11.9 Å². The van der Waals surface area contributed by atoms with Crippen molar-refractivity contribution in [2.45, 2.75) is 60.0 Å². The van der Waals surface area contributed by atoms with E-state index in [2.05, 4.69) is 5.32 Å². The summed E-state index contributed by atoms with van der Waals surface area (Å²) in [4.78, 5) is 35.7. The molecule has 0 bridgehead atoms. The van der Waals surface area contributed by atoms with Gasteiger partial charge in [0.05, 0.1) is 12.2 Å². The molecule has 7 heteroatoms. The summed E-state index contributed by atoms with van der Waals surface area (Å²) in [5.41, 5.74) is 1.81. The maximum Gasteiger partial charge on any atom is 0.339 e. The van der Waals surface area contributed by atoms with Crippen LogP contribution < -0.4 is 5.32 Å². The van der Waals surface area contributed by atoms with E-state index in [1.165, 1.54) is 0 Å². The molecule has 7 nitrogen and oxygen atoms in total. The third-order valence-corrected chi connectivity index (χ3v) is 4.07. The summed E-state index contributed by atoms with van der Waals surface area (Å²) in [5.74, 6) is -1.26. The van der Waals surface area contributed by atoms with Crippen LogP contribution in [-0.4, -0.2) is 41.7 Å². The zero-order chi connectivity index (χ0) is 19.0. The molecule has 1 heterocycles. The predicted octanol–water partition coefficient (Wildman–Crippen LogP) is 2.13. The number of carbonyl (C=O) groups is 3. The van der Waals surface area contributed by atoms with Gasteiger partial charge in [0.25, 0.3) is 5.91 Å². The van der Waals surface area contributed by atoms with Crippen molar-refractivity contribution < 1.29 is 23.9 Å². The SMILES string of the molecule is CCOC(=O)c1cc(C)n(CC(=O)OCC(=O)NC(CC)CC)c1C. The van der Waals surface area contributed by atoms with Crippen molar-refractivity contribution >= 4 is 17.8 Å². The molecule has 25 heavy (non-hydrogen) atoms. The first-order valence-corrected chi connectivity index (χ1v) is 8.62. The number of esters is 2. The summed E-state index contributed by atoms with van der Waals surface area (Å²) in [6, 6.07) is 1.77. The number of hydrogen-bond acceptors (Lipinski definition) is 5. The van der Waals surface area contributed by atoms with Crippen LogP contribution in [0.5, 0.6) is 0 Å². The number of aryl methyl sites for hydroxylation is 1. The zero-order valence-electron chi connectivity index (χ0n) is 15.7. The van der Waals surface area contributed by atoms with E-state index in [1.54, 1.807) is 31.4 Å². The highest BCUT2D eigenvalue weighted by atomic mass is 16.5. The quantitative estimate of drug-likeness (QED) is 0.688. The van der Waals surface area contributed by atoms with Crippen molar-refractivity contribution in [3.63, 3.8) is 0 Å². The van der Waals surface area contributed by atoms with Crippen LogP contribution in [0.4, 0.5) is 0 Å². The summed E-state index contributed by atoms with van der Waals surface area (Å²) in [6.45, 7) is 9.17. The first kappa shape index (κ1) is 20.7. The molecule has 0 aromatic carbocycles. The van der Waals surface area contributed by atoms with E-state index in [0.717, 1.165) is 18.5 Å². The highest BCUT2D eigenvalue weighted by molar-refractivity contribution is 5.91. The zero-order valence-corrected chi connectivity index (χ0v) is 15.7. The lowest BCUT2D eigenvalue weighted by Gasteiger charge is -2.15. The largest absolute Gasteiger partial charge is 0.462 e. The van der Waals surface area contributed by atoms with E-state index >= 15 is 0 Å². The van der Waals surface area contributed by atoms with Gasteiger partial charge in [-0.1, -0.05) is 13.8 Å². The molecule has 0 radical (unpaired) electrons. The number of amides is 1. The van der Waals surface area contributed by atoms with Crippen LogP contribution in [0.1, 0.15) is 55.4 Å². The maximum atomic E-state index is 12.0. The Morgan fingerprint density at radius 1 is 1.12 bits per heavy atom. The molecule has 1 rings (SSSR count). The Labute approximate surface area is 148 Å². The van der Waals surface area contributed by atoms with Crippen LogP contribution in [0.15, 0.2) is 6.07 Å². The second kappa shape index (κ2) is 9.86. The number of ether oxygens (including phenoxy) is 2. The fourth-order valence-corrected chi connectivity index (χ4v) is 2.54. The lowest BCUT2D eigenvalue weighted by Crippen LogP contribution is -2.37. The summed E-state index contributed by atoms with van der Waals surface area (Å²) in [7, 11) is 0. The third-order valence-electron chi connectivity index (χ3n) is 4.07. The Hall–Kier alpha value is -2.31. The van der Waals surface area contributed by atoms with Crippen molar-refractivity contribution in [3.05, 3.63) is 23.0 Å². The highest BCUT2D eigenvalue weighted by Gasteiger charge is 2.19. The van der Waals surface area contributed by atoms with Gasteiger partial charge in [0, 0.05) is 17.4 Å².